The van der Waals surface area contributed by atoms with Crippen LogP contribution in [-0.4, -0.2) is 90.7 Å². The van der Waals surface area contributed by atoms with E-state index in [1.54, 1.807) is 0 Å². The van der Waals surface area contributed by atoms with Crippen molar-refractivity contribution in [3.8, 4) is 41.2 Å². The van der Waals surface area contributed by atoms with Crippen LogP contribution in [0.5, 0.6) is 17.6 Å². The number of fused-ring (bicyclic) bond motifs is 2. The fourth-order valence-corrected chi connectivity index (χ4v) is 6.71. The summed E-state index contributed by atoms with van der Waals surface area (Å²) in [6, 6.07) is 5.40. The SMILES string of the molecule is C#Cc1c(F)ccc2cc(O)cc(-c3nc(OC)c4c(N5CCNCC5)nc(OCC5(CN6CCCC(F)C6)CC5)nc4c3F)c12. The van der Waals surface area contributed by atoms with Gasteiger partial charge in [-0.3, -0.25) is 4.90 Å². The van der Waals surface area contributed by atoms with Crippen molar-refractivity contribution in [2.45, 2.75) is 31.9 Å². The summed E-state index contributed by atoms with van der Waals surface area (Å²) in [4.78, 5) is 18.0. The van der Waals surface area contributed by atoms with Crippen LogP contribution in [0, 0.1) is 29.4 Å². The molecule has 0 amide bonds. The zero-order chi connectivity index (χ0) is 32.0. The minimum Gasteiger partial charge on any atom is -0.508 e. The Labute approximate surface area is 264 Å². The van der Waals surface area contributed by atoms with E-state index in [1.165, 1.54) is 31.4 Å². The number of methoxy groups -OCH3 is 1. The smallest absolute Gasteiger partial charge is 0.319 e. The number of likely N-dealkylation sites (tertiary alicyclic amines) is 1. The molecule has 1 aliphatic carbocycles. The highest BCUT2D eigenvalue weighted by Crippen LogP contribution is 2.47. The number of aromatic hydroxyl groups is 1. The van der Waals surface area contributed by atoms with E-state index < -0.39 is 17.8 Å². The quantitative estimate of drug-likeness (QED) is 0.265. The van der Waals surface area contributed by atoms with Crippen molar-refractivity contribution in [2.75, 3.05) is 64.4 Å². The molecular weight excluding hydrogens is 597 g/mol. The van der Waals surface area contributed by atoms with Crippen LogP contribution in [-0.2, 0) is 0 Å². The summed E-state index contributed by atoms with van der Waals surface area (Å²) in [7, 11) is 1.42. The number of nitrogens with zero attached hydrogens (tertiary/aromatic N) is 5. The van der Waals surface area contributed by atoms with Crippen molar-refractivity contribution >= 4 is 27.5 Å². The second kappa shape index (κ2) is 12.1. The van der Waals surface area contributed by atoms with Crippen molar-refractivity contribution in [1.82, 2.24) is 25.2 Å². The molecule has 2 aromatic carbocycles. The van der Waals surface area contributed by atoms with Crippen LogP contribution in [0.4, 0.5) is 19.0 Å². The first kappa shape index (κ1) is 30.3. The minimum absolute atomic E-state index is 0.00329. The zero-order valence-corrected chi connectivity index (χ0v) is 25.6. The van der Waals surface area contributed by atoms with Gasteiger partial charge in [-0.2, -0.15) is 9.97 Å². The van der Waals surface area contributed by atoms with Crippen LogP contribution in [0.15, 0.2) is 24.3 Å². The van der Waals surface area contributed by atoms with Gasteiger partial charge < -0.3 is 24.8 Å². The number of pyridine rings is 1. The predicted octanol–water partition coefficient (Wildman–Crippen LogP) is 4.82. The number of piperidine rings is 1. The second-order valence-electron chi connectivity index (χ2n) is 12.5. The van der Waals surface area contributed by atoms with Crippen molar-refractivity contribution in [3.63, 3.8) is 0 Å². The number of hydrogen-bond donors (Lipinski definition) is 2. The van der Waals surface area contributed by atoms with E-state index in [-0.39, 0.29) is 56.2 Å². The van der Waals surface area contributed by atoms with Gasteiger partial charge in [-0.25, -0.2) is 18.2 Å². The van der Waals surface area contributed by atoms with Gasteiger partial charge in [0.15, 0.2) is 5.82 Å². The number of phenolic OH excluding ortho intramolecular Hbond substituents is 1. The maximum absolute atomic E-state index is 16.9. The lowest BCUT2D eigenvalue weighted by molar-refractivity contribution is 0.0974. The van der Waals surface area contributed by atoms with Gasteiger partial charge in [-0.15, -0.1) is 6.42 Å². The van der Waals surface area contributed by atoms with Crippen LogP contribution >= 0.6 is 0 Å². The van der Waals surface area contributed by atoms with Gasteiger partial charge in [-0.1, -0.05) is 12.0 Å². The lowest BCUT2D eigenvalue weighted by Crippen LogP contribution is -2.44. The monoisotopic (exact) mass is 632 g/mol. The fourth-order valence-electron chi connectivity index (χ4n) is 6.71. The lowest BCUT2D eigenvalue weighted by atomic mass is 9.95. The summed E-state index contributed by atoms with van der Waals surface area (Å²) < 4.78 is 57.7. The molecule has 1 unspecified atom stereocenters. The van der Waals surface area contributed by atoms with Gasteiger partial charge in [0.2, 0.25) is 5.88 Å². The molecule has 4 aromatic rings. The highest BCUT2D eigenvalue weighted by molar-refractivity contribution is 6.04. The van der Waals surface area contributed by atoms with E-state index in [4.69, 9.17) is 20.9 Å². The van der Waals surface area contributed by atoms with E-state index in [0.717, 1.165) is 32.4 Å². The van der Waals surface area contributed by atoms with Gasteiger partial charge in [0.1, 0.15) is 40.2 Å². The molecule has 2 saturated heterocycles. The highest BCUT2D eigenvalue weighted by atomic mass is 19.1. The average molecular weight is 633 g/mol. The van der Waals surface area contributed by atoms with Gasteiger partial charge in [-0.05, 0) is 55.8 Å². The average Bonchev–Trinajstić information content (AvgIpc) is 3.83. The van der Waals surface area contributed by atoms with Crippen molar-refractivity contribution in [3.05, 3.63) is 41.5 Å². The molecule has 2 aromatic heterocycles. The molecule has 240 valence electrons. The van der Waals surface area contributed by atoms with Crippen LogP contribution in [0.3, 0.4) is 0 Å². The van der Waals surface area contributed by atoms with Gasteiger partial charge in [0.25, 0.3) is 0 Å². The number of terminal acetylenes is 1. The van der Waals surface area contributed by atoms with E-state index >= 15 is 4.39 Å². The number of nitrogens with one attached hydrogen (secondary N) is 1. The molecule has 2 N–H and O–H groups in total. The molecule has 46 heavy (non-hydrogen) atoms. The molecule has 3 fully saturated rings. The molecule has 0 spiro atoms. The molecule has 0 bridgehead atoms. The van der Waals surface area contributed by atoms with E-state index in [1.807, 2.05) is 4.90 Å². The fraction of sp³-hybridized carbons (Fsp3) is 0.441. The van der Waals surface area contributed by atoms with Crippen LogP contribution < -0.4 is 19.7 Å². The summed E-state index contributed by atoms with van der Waals surface area (Å²) in [5.41, 5.74) is -0.428. The highest BCUT2D eigenvalue weighted by Gasteiger charge is 2.45. The molecule has 1 saturated carbocycles. The Hall–Kier alpha value is -4.34. The number of phenols is 1. The number of anilines is 1. The van der Waals surface area contributed by atoms with Crippen molar-refractivity contribution in [1.29, 1.82) is 0 Å². The second-order valence-corrected chi connectivity index (χ2v) is 12.5. The Morgan fingerprint density at radius 1 is 1.11 bits per heavy atom. The number of rotatable bonds is 8. The van der Waals surface area contributed by atoms with E-state index in [9.17, 15) is 13.9 Å². The standard InChI is InChI=1S/C34H35F3N6O3/c1-3-23-25(36)7-6-20-15-22(44)16-24(26(20)23)29-28(37)30-27(32(39-29)45-2)31(43-13-10-38-11-14-43)41-33(40-30)46-19-34(8-9-34)18-42-12-4-5-21(35)17-42/h1,6-7,15-16,21,38,44H,4-5,8-14,17-19H2,2H3. The Kier molecular flexibility index (Phi) is 7.98. The largest absolute Gasteiger partial charge is 0.508 e. The number of aromatic nitrogens is 3. The van der Waals surface area contributed by atoms with E-state index in [0.29, 0.717) is 57.0 Å². The number of piperazine rings is 1. The zero-order valence-electron chi connectivity index (χ0n) is 25.6. The summed E-state index contributed by atoms with van der Waals surface area (Å²) >= 11 is 0. The number of alkyl halides is 1. The Morgan fingerprint density at radius 2 is 1.91 bits per heavy atom. The maximum Gasteiger partial charge on any atom is 0.319 e. The molecule has 0 radical (unpaired) electrons. The van der Waals surface area contributed by atoms with Crippen molar-refractivity contribution in [2.24, 2.45) is 5.41 Å². The number of benzene rings is 2. The first-order valence-electron chi connectivity index (χ1n) is 15.6. The normalized spacial score (nSPS) is 19.7. The third kappa shape index (κ3) is 5.62. The lowest BCUT2D eigenvalue weighted by Gasteiger charge is -2.32. The summed E-state index contributed by atoms with van der Waals surface area (Å²) in [5.74, 6) is 1.20. The third-order valence-electron chi connectivity index (χ3n) is 9.25. The molecule has 3 aliphatic rings. The molecule has 7 rings (SSSR count). The third-order valence-corrected chi connectivity index (χ3v) is 9.25. The summed E-state index contributed by atoms with van der Waals surface area (Å²) in [6.45, 7) is 4.91. The first-order chi connectivity index (χ1) is 22.3. The Balaban J connectivity index is 1.35. The van der Waals surface area contributed by atoms with Gasteiger partial charge in [0.05, 0.1) is 19.3 Å². The molecular formula is C34H35F3N6O3. The number of ether oxygens (including phenoxy) is 2. The predicted molar refractivity (Wildman–Crippen MR) is 169 cm³/mol. The molecule has 12 heteroatoms. The van der Waals surface area contributed by atoms with Gasteiger partial charge in [0, 0.05) is 55.6 Å². The van der Waals surface area contributed by atoms with Crippen molar-refractivity contribution < 1.29 is 27.8 Å². The summed E-state index contributed by atoms with van der Waals surface area (Å²) in [5, 5.41) is 14.8. The van der Waals surface area contributed by atoms with Crippen LogP contribution in [0.2, 0.25) is 0 Å². The van der Waals surface area contributed by atoms with Crippen LogP contribution in [0.1, 0.15) is 31.2 Å². The molecule has 2 aliphatic heterocycles. The molecule has 4 heterocycles. The minimum atomic E-state index is -0.818. The molecule has 9 nitrogen and oxygen atoms in total. The summed E-state index contributed by atoms with van der Waals surface area (Å²) in [6.07, 6.45) is 8.19. The van der Waals surface area contributed by atoms with E-state index in [2.05, 4.69) is 26.1 Å². The molecule has 1 atom stereocenters. The Bertz CT molecular complexity index is 1850. The first-order valence-corrected chi connectivity index (χ1v) is 15.6. The maximum atomic E-state index is 16.9. The number of hydrogen-bond acceptors (Lipinski definition) is 9. The topological polar surface area (TPSA) is 95.9 Å². The van der Waals surface area contributed by atoms with Gasteiger partial charge >= 0.3 is 6.01 Å². The Morgan fingerprint density at radius 3 is 2.63 bits per heavy atom. The number of halogens is 3. The van der Waals surface area contributed by atoms with Crippen LogP contribution in [0.25, 0.3) is 32.9 Å².